The molecule has 1 rings (SSSR count). The van der Waals surface area contributed by atoms with Crippen molar-refractivity contribution in [2.75, 3.05) is 14.1 Å². The third-order valence-electron chi connectivity index (χ3n) is 2.98. The van der Waals surface area contributed by atoms with Gasteiger partial charge >= 0.3 is 0 Å². The summed E-state index contributed by atoms with van der Waals surface area (Å²) >= 11 is 0. The number of rotatable bonds is 2. The van der Waals surface area contributed by atoms with Crippen LogP contribution in [0.3, 0.4) is 0 Å². The van der Waals surface area contributed by atoms with Crippen LogP contribution in [0.15, 0.2) is 11.6 Å². The summed E-state index contributed by atoms with van der Waals surface area (Å²) in [6.07, 6.45) is 5.33. The second kappa shape index (κ2) is 4.63. The highest BCUT2D eigenvalue weighted by molar-refractivity contribution is 5.78. The maximum absolute atomic E-state index is 11.7. The first-order valence-electron chi connectivity index (χ1n) is 5.42. The van der Waals surface area contributed by atoms with Gasteiger partial charge in [0.1, 0.15) is 0 Å². The molecule has 0 saturated carbocycles. The zero-order chi connectivity index (χ0) is 10.7. The molecule has 2 heteroatoms. The van der Waals surface area contributed by atoms with Crippen molar-refractivity contribution < 1.29 is 4.79 Å². The highest BCUT2D eigenvalue weighted by Crippen LogP contribution is 2.28. The van der Waals surface area contributed by atoms with Gasteiger partial charge in [0.15, 0.2) is 0 Å². The Bertz CT molecular complexity index is 241. The van der Waals surface area contributed by atoms with Gasteiger partial charge in [0.2, 0.25) is 5.91 Å². The van der Waals surface area contributed by atoms with Gasteiger partial charge in [-0.1, -0.05) is 25.5 Å². The average molecular weight is 195 g/mol. The summed E-state index contributed by atoms with van der Waals surface area (Å²) in [6, 6.07) is 0. The van der Waals surface area contributed by atoms with Crippen molar-refractivity contribution in [3.05, 3.63) is 11.6 Å². The van der Waals surface area contributed by atoms with Gasteiger partial charge in [-0.25, -0.2) is 0 Å². The van der Waals surface area contributed by atoms with Gasteiger partial charge in [-0.05, 0) is 25.2 Å². The normalized spacial score (nSPS) is 22.1. The van der Waals surface area contributed by atoms with E-state index >= 15 is 0 Å². The Morgan fingerprint density at radius 3 is 2.50 bits per heavy atom. The van der Waals surface area contributed by atoms with Crippen molar-refractivity contribution in [1.82, 2.24) is 4.90 Å². The van der Waals surface area contributed by atoms with E-state index in [0.717, 1.165) is 19.3 Å². The van der Waals surface area contributed by atoms with E-state index in [9.17, 15) is 4.79 Å². The van der Waals surface area contributed by atoms with E-state index in [0.29, 0.717) is 5.92 Å². The monoisotopic (exact) mass is 195 g/mol. The molecular weight excluding hydrogens is 174 g/mol. The Morgan fingerprint density at radius 1 is 1.50 bits per heavy atom. The van der Waals surface area contributed by atoms with Gasteiger partial charge < -0.3 is 4.90 Å². The number of allylic oxidation sites excluding steroid dienone is 2. The minimum atomic E-state index is 0.229. The van der Waals surface area contributed by atoms with E-state index in [-0.39, 0.29) is 11.8 Å². The zero-order valence-corrected chi connectivity index (χ0v) is 9.71. The van der Waals surface area contributed by atoms with Gasteiger partial charge in [0.25, 0.3) is 0 Å². The highest BCUT2D eigenvalue weighted by atomic mass is 16.2. The molecule has 1 atom stereocenters. The zero-order valence-electron chi connectivity index (χ0n) is 9.71. The Hall–Kier alpha value is -0.790. The minimum absolute atomic E-state index is 0.229. The molecule has 14 heavy (non-hydrogen) atoms. The van der Waals surface area contributed by atoms with Crippen LogP contribution in [0.1, 0.15) is 33.1 Å². The summed E-state index contributed by atoms with van der Waals surface area (Å²) in [5.41, 5.74) is 1.52. The van der Waals surface area contributed by atoms with E-state index in [1.807, 2.05) is 14.1 Å². The lowest BCUT2D eigenvalue weighted by Crippen LogP contribution is -2.30. The third kappa shape index (κ3) is 2.60. The number of hydrogen-bond donors (Lipinski definition) is 0. The van der Waals surface area contributed by atoms with E-state index in [1.165, 1.54) is 5.57 Å². The van der Waals surface area contributed by atoms with Crippen LogP contribution in [0.5, 0.6) is 0 Å². The number of nitrogens with zero attached hydrogens (tertiary/aromatic N) is 1. The van der Waals surface area contributed by atoms with Crippen LogP contribution in [-0.4, -0.2) is 24.9 Å². The molecule has 0 saturated heterocycles. The fourth-order valence-corrected chi connectivity index (χ4v) is 1.97. The molecule has 80 valence electrons. The van der Waals surface area contributed by atoms with Crippen LogP contribution in [0.25, 0.3) is 0 Å². The summed E-state index contributed by atoms with van der Waals surface area (Å²) in [5, 5.41) is 0. The van der Waals surface area contributed by atoms with E-state index in [1.54, 1.807) is 4.90 Å². The lowest BCUT2D eigenvalue weighted by molar-refractivity contribution is -0.133. The first-order chi connectivity index (χ1) is 6.52. The highest BCUT2D eigenvalue weighted by Gasteiger charge is 2.23. The van der Waals surface area contributed by atoms with Crippen LogP contribution >= 0.6 is 0 Å². The minimum Gasteiger partial charge on any atom is -0.349 e. The van der Waals surface area contributed by atoms with Crippen molar-refractivity contribution in [3.63, 3.8) is 0 Å². The fourth-order valence-electron chi connectivity index (χ4n) is 1.97. The Morgan fingerprint density at radius 2 is 2.14 bits per heavy atom. The lowest BCUT2D eigenvalue weighted by Gasteiger charge is -2.25. The van der Waals surface area contributed by atoms with E-state index < -0.39 is 0 Å². The third-order valence-corrected chi connectivity index (χ3v) is 2.98. The van der Waals surface area contributed by atoms with Gasteiger partial charge in [-0.15, -0.1) is 0 Å². The van der Waals surface area contributed by atoms with Crippen molar-refractivity contribution in [2.45, 2.75) is 33.1 Å². The summed E-state index contributed by atoms with van der Waals surface area (Å²) in [4.78, 5) is 13.4. The molecule has 0 bridgehead atoms. The Balaban J connectivity index is 2.54. The first-order valence-corrected chi connectivity index (χ1v) is 5.42. The molecule has 0 N–H and O–H groups in total. The second-order valence-corrected chi connectivity index (χ2v) is 4.64. The predicted molar refractivity (Wildman–Crippen MR) is 59.0 cm³/mol. The summed E-state index contributed by atoms with van der Waals surface area (Å²) in [7, 11) is 3.67. The standard InChI is InChI=1S/C12H21NO/c1-9(2)10-5-7-11(8-6-10)12(14)13(3)4/h5,9,11H,6-8H2,1-4H3. The summed E-state index contributed by atoms with van der Waals surface area (Å²) < 4.78 is 0. The quantitative estimate of drug-likeness (QED) is 0.620. The van der Waals surface area contributed by atoms with E-state index in [2.05, 4.69) is 19.9 Å². The van der Waals surface area contributed by atoms with Gasteiger partial charge in [-0.2, -0.15) is 0 Å². The molecule has 0 fully saturated rings. The molecule has 1 unspecified atom stereocenters. The van der Waals surface area contributed by atoms with Crippen molar-refractivity contribution >= 4 is 5.91 Å². The largest absolute Gasteiger partial charge is 0.349 e. The molecule has 0 aromatic heterocycles. The number of carbonyl (C=O) groups excluding carboxylic acids is 1. The SMILES string of the molecule is CC(C)C1=CCC(C(=O)N(C)C)CC1. The number of amides is 1. The molecule has 0 aromatic rings. The molecule has 0 radical (unpaired) electrons. The fraction of sp³-hybridized carbons (Fsp3) is 0.750. The summed E-state index contributed by atoms with van der Waals surface area (Å²) in [5.74, 6) is 1.15. The smallest absolute Gasteiger partial charge is 0.225 e. The molecule has 0 heterocycles. The molecule has 2 nitrogen and oxygen atoms in total. The summed E-state index contributed by atoms with van der Waals surface area (Å²) in [6.45, 7) is 4.44. The van der Waals surface area contributed by atoms with E-state index in [4.69, 9.17) is 0 Å². The van der Waals surface area contributed by atoms with Crippen LogP contribution in [0.4, 0.5) is 0 Å². The van der Waals surface area contributed by atoms with Crippen molar-refractivity contribution in [2.24, 2.45) is 11.8 Å². The topological polar surface area (TPSA) is 20.3 Å². The lowest BCUT2D eigenvalue weighted by atomic mass is 9.84. The maximum Gasteiger partial charge on any atom is 0.225 e. The second-order valence-electron chi connectivity index (χ2n) is 4.64. The van der Waals surface area contributed by atoms with Crippen LogP contribution in [-0.2, 0) is 4.79 Å². The van der Waals surface area contributed by atoms with Gasteiger partial charge in [0, 0.05) is 20.0 Å². The van der Waals surface area contributed by atoms with Crippen molar-refractivity contribution in [1.29, 1.82) is 0 Å². The Kier molecular flexibility index (Phi) is 3.73. The molecule has 1 aliphatic carbocycles. The molecule has 0 aliphatic heterocycles. The van der Waals surface area contributed by atoms with Gasteiger partial charge in [0.05, 0.1) is 0 Å². The average Bonchev–Trinajstić information content (AvgIpc) is 2.16. The van der Waals surface area contributed by atoms with Crippen LogP contribution in [0.2, 0.25) is 0 Å². The number of carbonyl (C=O) groups is 1. The molecular formula is C12H21NO. The Labute approximate surface area is 87.0 Å². The predicted octanol–water partition coefficient (Wildman–Crippen LogP) is 2.46. The van der Waals surface area contributed by atoms with Crippen LogP contribution in [0, 0.1) is 11.8 Å². The molecule has 1 aliphatic rings. The molecule has 0 spiro atoms. The van der Waals surface area contributed by atoms with Crippen molar-refractivity contribution in [3.8, 4) is 0 Å². The first kappa shape index (κ1) is 11.3. The van der Waals surface area contributed by atoms with Crippen LogP contribution < -0.4 is 0 Å². The number of hydrogen-bond acceptors (Lipinski definition) is 1. The molecule has 1 amide bonds. The molecule has 0 aromatic carbocycles. The maximum atomic E-state index is 11.7. The van der Waals surface area contributed by atoms with Gasteiger partial charge in [-0.3, -0.25) is 4.79 Å².